The van der Waals surface area contributed by atoms with Gasteiger partial charge in [0.15, 0.2) is 0 Å². The van der Waals surface area contributed by atoms with Crippen molar-refractivity contribution in [3.63, 3.8) is 0 Å². The van der Waals surface area contributed by atoms with Crippen molar-refractivity contribution in [1.82, 2.24) is 9.80 Å². The van der Waals surface area contributed by atoms with Crippen LogP contribution in [0.15, 0.2) is 26.0 Å². The fourth-order valence-corrected chi connectivity index (χ4v) is 5.42. The minimum Gasteiger partial charge on any atom is -0.495 e. The fraction of sp³-hybridized carbons (Fsp3) is 0.421. The quantitative estimate of drug-likeness (QED) is 0.534. The Hall–Kier alpha value is -1.32. The van der Waals surface area contributed by atoms with E-state index in [1.165, 1.54) is 7.11 Å². The van der Waals surface area contributed by atoms with Crippen LogP contribution < -0.4 is 4.74 Å². The molecule has 0 saturated carbocycles. The van der Waals surface area contributed by atoms with Gasteiger partial charge in [-0.3, -0.25) is 19.3 Å². The number of carbonyl (C=O) groups is 3. The molecule has 0 unspecified atom stereocenters. The molecule has 1 aromatic rings. The van der Waals surface area contributed by atoms with E-state index in [2.05, 4.69) is 38.8 Å². The number of likely N-dealkylation sites (tertiary alicyclic amines) is 1. The number of carbonyl (C=O) groups excluding carboxylic acids is 3. The van der Waals surface area contributed by atoms with Crippen molar-refractivity contribution in [2.24, 2.45) is 5.92 Å². The molecule has 28 heavy (non-hydrogen) atoms. The largest absolute Gasteiger partial charge is 0.495 e. The van der Waals surface area contributed by atoms with Gasteiger partial charge in [0.25, 0.3) is 11.1 Å². The van der Waals surface area contributed by atoms with Gasteiger partial charge in [0.2, 0.25) is 5.91 Å². The molecule has 1 aromatic carbocycles. The Kier molecular flexibility index (Phi) is 6.88. The van der Waals surface area contributed by atoms with E-state index in [0.29, 0.717) is 30.3 Å². The Morgan fingerprint density at radius 3 is 2.61 bits per heavy atom. The molecule has 3 amide bonds. The average molecular weight is 532 g/mol. The second kappa shape index (κ2) is 9.00. The van der Waals surface area contributed by atoms with Crippen LogP contribution in [0.3, 0.4) is 0 Å². The van der Waals surface area contributed by atoms with Crippen LogP contribution in [0.25, 0.3) is 6.08 Å². The number of halogens is 2. The first-order valence-corrected chi connectivity index (χ1v) is 11.3. The van der Waals surface area contributed by atoms with Gasteiger partial charge in [-0.05, 0) is 64.7 Å². The maximum absolute atomic E-state index is 12.7. The zero-order valence-electron chi connectivity index (χ0n) is 15.5. The highest BCUT2D eigenvalue weighted by Gasteiger charge is 2.37. The van der Waals surface area contributed by atoms with Crippen LogP contribution >= 0.6 is 43.6 Å². The zero-order chi connectivity index (χ0) is 20.4. The molecule has 6 nitrogen and oxygen atoms in total. The van der Waals surface area contributed by atoms with E-state index in [4.69, 9.17) is 4.74 Å². The molecule has 0 spiro atoms. The van der Waals surface area contributed by atoms with Crippen LogP contribution in [0, 0.1) is 5.92 Å². The Morgan fingerprint density at radius 2 is 1.96 bits per heavy atom. The third-order valence-electron chi connectivity index (χ3n) is 4.83. The number of amides is 3. The van der Waals surface area contributed by atoms with Gasteiger partial charge in [-0.25, -0.2) is 0 Å². The maximum atomic E-state index is 12.7. The van der Waals surface area contributed by atoms with Crippen LogP contribution in [-0.4, -0.2) is 53.6 Å². The third-order valence-corrected chi connectivity index (χ3v) is 6.79. The van der Waals surface area contributed by atoms with Crippen LogP contribution in [0.5, 0.6) is 5.75 Å². The predicted molar refractivity (Wildman–Crippen MR) is 116 cm³/mol. The average Bonchev–Trinajstić information content (AvgIpc) is 2.89. The smallest absolute Gasteiger partial charge is 0.294 e. The number of benzene rings is 1. The van der Waals surface area contributed by atoms with Crippen molar-refractivity contribution >= 4 is 66.8 Å². The molecule has 0 aliphatic carbocycles. The predicted octanol–water partition coefficient (Wildman–Crippen LogP) is 4.52. The summed E-state index contributed by atoms with van der Waals surface area (Å²) in [6.45, 7) is 3.30. The van der Waals surface area contributed by atoms with E-state index in [1.54, 1.807) is 17.0 Å². The first kappa shape index (κ1) is 21.4. The number of piperidine rings is 1. The summed E-state index contributed by atoms with van der Waals surface area (Å²) >= 11 is 7.67. The molecule has 3 rings (SSSR count). The first-order chi connectivity index (χ1) is 13.3. The van der Waals surface area contributed by atoms with Gasteiger partial charge in [-0.2, -0.15) is 0 Å². The van der Waals surface area contributed by atoms with Gasteiger partial charge in [-0.1, -0.05) is 22.9 Å². The summed E-state index contributed by atoms with van der Waals surface area (Å²) in [4.78, 5) is 40.7. The number of rotatable bonds is 4. The van der Waals surface area contributed by atoms with E-state index >= 15 is 0 Å². The minimum absolute atomic E-state index is 0.182. The molecule has 0 N–H and O–H groups in total. The Labute approximate surface area is 184 Å². The second-order valence-electron chi connectivity index (χ2n) is 6.84. The van der Waals surface area contributed by atoms with E-state index in [0.717, 1.165) is 38.4 Å². The second-order valence-corrected chi connectivity index (χ2v) is 9.60. The van der Waals surface area contributed by atoms with Gasteiger partial charge in [0, 0.05) is 23.1 Å². The molecule has 2 fully saturated rings. The summed E-state index contributed by atoms with van der Waals surface area (Å²) in [6, 6.07) is 3.64. The molecule has 150 valence electrons. The molecule has 2 aliphatic heterocycles. The van der Waals surface area contributed by atoms with Gasteiger partial charge in [0.1, 0.15) is 12.3 Å². The molecule has 0 bridgehead atoms. The summed E-state index contributed by atoms with van der Waals surface area (Å²) in [5, 5.41) is -0.428. The molecule has 2 heterocycles. The monoisotopic (exact) mass is 530 g/mol. The third kappa shape index (κ3) is 4.63. The molecule has 0 atom stereocenters. The van der Waals surface area contributed by atoms with E-state index < -0.39 is 11.1 Å². The highest BCUT2D eigenvalue weighted by molar-refractivity contribution is 9.11. The van der Waals surface area contributed by atoms with Gasteiger partial charge in [0.05, 0.1) is 16.5 Å². The summed E-state index contributed by atoms with van der Waals surface area (Å²) in [5.41, 5.74) is 0.658. The van der Waals surface area contributed by atoms with Gasteiger partial charge in [-0.15, -0.1) is 0 Å². The molecule has 0 aromatic heterocycles. The number of imide groups is 1. The van der Waals surface area contributed by atoms with Crippen LogP contribution in [0.1, 0.15) is 25.3 Å². The van der Waals surface area contributed by atoms with Crippen LogP contribution in [-0.2, 0) is 9.59 Å². The lowest BCUT2D eigenvalue weighted by atomic mass is 9.99. The molecule has 2 aliphatic rings. The highest BCUT2D eigenvalue weighted by Crippen LogP contribution is 2.38. The molecular formula is C19H20Br2N2O4S. The van der Waals surface area contributed by atoms with Crippen molar-refractivity contribution < 1.29 is 19.1 Å². The van der Waals surface area contributed by atoms with Crippen molar-refractivity contribution in [2.45, 2.75) is 19.8 Å². The topological polar surface area (TPSA) is 66.9 Å². The standard InChI is InChI=1S/C19H20Br2N2O4S/c1-11-3-5-22(6-4-11)16(24)10-23-18(25)15(28-19(23)26)8-12-7-13(20)9-14(21)17(12)27-2/h7-9,11H,3-6,10H2,1-2H3/b15-8+. The fourth-order valence-electron chi connectivity index (χ4n) is 3.17. The van der Waals surface area contributed by atoms with E-state index in [9.17, 15) is 14.4 Å². The zero-order valence-corrected chi connectivity index (χ0v) is 19.5. The van der Waals surface area contributed by atoms with Gasteiger partial charge >= 0.3 is 0 Å². The summed E-state index contributed by atoms with van der Waals surface area (Å²) in [5.74, 6) is 0.530. The number of nitrogens with zero attached hydrogens (tertiary/aromatic N) is 2. The van der Waals surface area contributed by atoms with E-state index in [1.807, 2.05) is 6.07 Å². The molecule has 9 heteroatoms. The Bertz CT molecular complexity index is 851. The van der Waals surface area contributed by atoms with Crippen LogP contribution in [0.4, 0.5) is 4.79 Å². The highest BCUT2D eigenvalue weighted by atomic mass is 79.9. The van der Waals surface area contributed by atoms with Crippen molar-refractivity contribution in [3.8, 4) is 5.75 Å². The molecule has 2 saturated heterocycles. The van der Waals surface area contributed by atoms with Crippen molar-refractivity contribution in [1.29, 1.82) is 0 Å². The summed E-state index contributed by atoms with van der Waals surface area (Å²) < 4.78 is 6.92. The Morgan fingerprint density at radius 1 is 1.29 bits per heavy atom. The normalized spacial score (nSPS) is 19.6. The summed E-state index contributed by atoms with van der Waals surface area (Å²) in [7, 11) is 1.54. The SMILES string of the molecule is COc1c(Br)cc(Br)cc1/C=C1/SC(=O)N(CC(=O)N2CCC(C)CC2)C1=O. The minimum atomic E-state index is -0.452. The van der Waals surface area contributed by atoms with Crippen molar-refractivity contribution in [2.75, 3.05) is 26.7 Å². The molecular weight excluding hydrogens is 512 g/mol. The number of hydrogen-bond donors (Lipinski definition) is 0. The Balaban J connectivity index is 1.77. The lowest BCUT2D eigenvalue weighted by Gasteiger charge is -2.31. The number of hydrogen-bond acceptors (Lipinski definition) is 5. The lowest BCUT2D eigenvalue weighted by molar-refractivity contribution is -0.136. The number of thioether (sulfide) groups is 1. The lowest BCUT2D eigenvalue weighted by Crippen LogP contribution is -2.45. The number of methoxy groups -OCH3 is 1. The van der Waals surface area contributed by atoms with Gasteiger partial charge < -0.3 is 9.64 Å². The maximum Gasteiger partial charge on any atom is 0.294 e. The molecule has 0 radical (unpaired) electrons. The number of ether oxygens (including phenoxy) is 1. The summed E-state index contributed by atoms with van der Waals surface area (Å²) in [6.07, 6.45) is 3.52. The van der Waals surface area contributed by atoms with Crippen molar-refractivity contribution in [3.05, 3.63) is 31.5 Å². The first-order valence-electron chi connectivity index (χ1n) is 8.86. The van der Waals surface area contributed by atoms with Crippen LogP contribution in [0.2, 0.25) is 0 Å². The van der Waals surface area contributed by atoms with E-state index in [-0.39, 0.29) is 17.4 Å².